The molecular formula is C13H8BrNO2. The van der Waals surface area contributed by atoms with Gasteiger partial charge in [-0.1, -0.05) is 15.9 Å². The first-order chi connectivity index (χ1) is 8.08. The third kappa shape index (κ3) is 1.41. The molecule has 3 rings (SSSR count). The standard InChI is InChI=1S/C13H8BrNO2/c1-6-4-10(16)12-11(13(6)17)8-5-7(14)2-3-9(8)15-12/h2-5,15H,1H3. The lowest BCUT2D eigenvalue weighted by Crippen LogP contribution is -2.14. The highest BCUT2D eigenvalue weighted by molar-refractivity contribution is 9.10. The smallest absolute Gasteiger partial charge is 0.203 e. The van der Waals surface area contributed by atoms with Gasteiger partial charge in [0, 0.05) is 20.9 Å². The molecule has 0 radical (unpaired) electrons. The van der Waals surface area contributed by atoms with Crippen LogP contribution in [0.15, 0.2) is 34.3 Å². The lowest BCUT2D eigenvalue weighted by atomic mass is 9.94. The summed E-state index contributed by atoms with van der Waals surface area (Å²) in [6, 6.07) is 5.58. The van der Waals surface area contributed by atoms with Gasteiger partial charge in [0.15, 0.2) is 5.78 Å². The second-order valence-electron chi connectivity index (χ2n) is 4.09. The first-order valence-electron chi connectivity index (χ1n) is 5.16. The molecule has 0 saturated carbocycles. The maximum atomic E-state index is 12.1. The number of carbonyl (C=O) groups is 2. The van der Waals surface area contributed by atoms with Gasteiger partial charge in [0.1, 0.15) is 0 Å². The summed E-state index contributed by atoms with van der Waals surface area (Å²) in [4.78, 5) is 26.9. The molecule has 1 aliphatic rings. The molecule has 17 heavy (non-hydrogen) atoms. The molecule has 1 aliphatic carbocycles. The second kappa shape index (κ2) is 3.40. The first-order valence-corrected chi connectivity index (χ1v) is 5.96. The van der Waals surface area contributed by atoms with Gasteiger partial charge in [0.25, 0.3) is 0 Å². The summed E-state index contributed by atoms with van der Waals surface area (Å²) >= 11 is 3.37. The van der Waals surface area contributed by atoms with E-state index >= 15 is 0 Å². The number of rotatable bonds is 0. The van der Waals surface area contributed by atoms with E-state index in [0.29, 0.717) is 16.8 Å². The van der Waals surface area contributed by atoms with Crippen molar-refractivity contribution in [3.8, 4) is 0 Å². The van der Waals surface area contributed by atoms with Crippen LogP contribution in [0.2, 0.25) is 0 Å². The summed E-state index contributed by atoms with van der Waals surface area (Å²) in [5.74, 6) is -0.214. The molecule has 0 bridgehead atoms. The minimum Gasteiger partial charge on any atom is -0.351 e. The topological polar surface area (TPSA) is 49.9 Å². The number of H-pyrrole nitrogens is 1. The monoisotopic (exact) mass is 289 g/mol. The summed E-state index contributed by atoms with van der Waals surface area (Å²) in [7, 11) is 0. The van der Waals surface area contributed by atoms with E-state index in [1.165, 1.54) is 6.08 Å². The van der Waals surface area contributed by atoms with Crippen molar-refractivity contribution >= 4 is 38.4 Å². The molecule has 4 heteroatoms. The van der Waals surface area contributed by atoms with Crippen LogP contribution < -0.4 is 0 Å². The molecule has 0 unspecified atom stereocenters. The number of nitrogens with one attached hydrogen (secondary N) is 1. The number of fused-ring (bicyclic) bond motifs is 3. The fourth-order valence-corrected chi connectivity index (χ4v) is 2.48. The van der Waals surface area contributed by atoms with E-state index in [1.807, 2.05) is 18.2 Å². The Bertz CT molecular complexity index is 710. The van der Waals surface area contributed by atoms with Gasteiger partial charge in [-0.2, -0.15) is 0 Å². The molecule has 0 aliphatic heterocycles. The normalized spacial score (nSPS) is 15.1. The Morgan fingerprint density at radius 3 is 2.76 bits per heavy atom. The number of Topliss-reactive ketones (excluding diaryl/α,β-unsaturated/α-hetero) is 1. The Hall–Kier alpha value is -1.68. The third-order valence-electron chi connectivity index (χ3n) is 2.94. The number of allylic oxidation sites excluding steroid dienone is 2. The summed E-state index contributed by atoms with van der Waals surface area (Å²) in [5, 5.41) is 0.792. The molecule has 1 heterocycles. The average molecular weight is 290 g/mol. The highest BCUT2D eigenvalue weighted by atomic mass is 79.9. The van der Waals surface area contributed by atoms with E-state index in [0.717, 1.165) is 15.4 Å². The Morgan fingerprint density at radius 1 is 1.24 bits per heavy atom. The Morgan fingerprint density at radius 2 is 2.00 bits per heavy atom. The van der Waals surface area contributed by atoms with Crippen LogP contribution in [0.4, 0.5) is 0 Å². The predicted molar refractivity (Wildman–Crippen MR) is 68.4 cm³/mol. The van der Waals surface area contributed by atoms with Crippen molar-refractivity contribution in [1.82, 2.24) is 4.98 Å². The molecular weight excluding hydrogens is 282 g/mol. The number of aromatic nitrogens is 1. The van der Waals surface area contributed by atoms with E-state index in [4.69, 9.17) is 0 Å². The van der Waals surface area contributed by atoms with Crippen molar-refractivity contribution in [1.29, 1.82) is 0 Å². The number of hydrogen-bond donors (Lipinski definition) is 1. The molecule has 1 aromatic carbocycles. The second-order valence-corrected chi connectivity index (χ2v) is 5.00. The highest BCUT2D eigenvalue weighted by Crippen LogP contribution is 2.30. The molecule has 1 N–H and O–H groups in total. The van der Waals surface area contributed by atoms with Crippen LogP contribution in [-0.4, -0.2) is 16.6 Å². The van der Waals surface area contributed by atoms with Gasteiger partial charge < -0.3 is 4.98 Å². The van der Waals surface area contributed by atoms with Crippen molar-refractivity contribution in [3.63, 3.8) is 0 Å². The van der Waals surface area contributed by atoms with Gasteiger partial charge in [0.05, 0.1) is 11.3 Å². The summed E-state index contributed by atoms with van der Waals surface area (Å²) in [6.07, 6.45) is 1.38. The van der Waals surface area contributed by atoms with E-state index in [9.17, 15) is 9.59 Å². The molecule has 2 aromatic rings. The minimum absolute atomic E-state index is 0.0797. The van der Waals surface area contributed by atoms with Crippen molar-refractivity contribution in [3.05, 3.63) is 45.6 Å². The Kier molecular flexibility index (Phi) is 2.10. The number of hydrogen-bond acceptors (Lipinski definition) is 2. The van der Waals surface area contributed by atoms with Crippen LogP contribution >= 0.6 is 15.9 Å². The molecule has 0 amide bonds. The zero-order chi connectivity index (χ0) is 12.2. The van der Waals surface area contributed by atoms with Gasteiger partial charge in [-0.3, -0.25) is 9.59 Å². The van der Waals surface area contributed by atoms with E-state index < -0.39 is 0 Å². The summed E-state index contributed by atoms with van der Waals surface area (Å²) < 4.78 is 0.888. The quantitative estimate of drug-likeness (QED) is 0.809. The zero-order valence-electron chi connectivity index (χ0n) is 9.00. The Balaban J connectivity index is 2.43. The van der Waals surface area contributed by atoms with Gasteiger partial charge >= 0.3 is 0 Å². The number of aromatic amines is 1. The van der Waals surface area contributed by atoms with Crippen LogP contribution in [-0.2, 0) is 0 Å². The predicted octanol–water partition coefficient (Wildman–Crippen LogP) is 3.26. The van der Waals surface area contributed by atoms with Crippen LogP contribution in [0.1, 0.15) is 27.8 Å². The SMILES string of the molecule is CC1=CC(=O)c2[nH]c3ccc(Br)cc3c2C1=O. The van der Waals surface area contributed by atoms with Crippen molar-refractivity contribution in [2.75, 3.05) is 0 Å². The molecule has 1 aromatic heterocycles. The van der Waals surface area contributed by atoms with Crippen molar-refractivity contribution in [2.24, 2.45) is 0 Å². The average Bonchev–Trinajstić information content (AvgIpc) is 2.65. The number of carbonyl (C=O) groups excluding carboxylic acids is 2. The molecule has 84 valence electrons. The lowest BCUT2D eigenvalue weighted by Gasteiger charge is -2.07. The summed E-state index contributed by atoms with van der Waals surface area (Å²) in [6.45, 7) is 1.67. The Labute approximate surface area is 106 Å². The molecule has 0 saturated heterocycles. The van der Waals surface area contributed by atoms with Gasteiger partial charge in [-0.25, -0.2) is 0 Å². The number of ketones is 2. The molecule has 0 spiro atoms. The van der Waals surface area contributed by atoms with Crippen LogP contribution in [0.25, 0.3) is 10.9 Å². The zero-order valence-corrected chi connectivity index (χ0v) is 10.6. The van der Waals surface area contributed by atoms with Crippen LogP contribution in [0, 0.1) is 0 Å². The van der Waals surface area contributed by atoms with Crippen LogP contribution in [0.3, 0.4) is 0 Å². The van der Waals surface area contributed by atoms with Crippen LogP contribution in [0.5, 0.6) is 0 Å². The van der Waals surface area contributed by atoms with Gasteiger partial charge in [0.2, 0.25) is 5.78 Å². The maximum absolute atomic E-state index is 12.1. The van der Waals surface area contributed by atoms with E-state index in [2.05, 4.69) is 20.9 Å². The van der Waals surface area contributed by atoms with Gasteiger partial charge in [-0.15, -0.1) is 0 Å². The van der Waals surface area contributed by atoms with E-state index in [-0.39, 0.29) is 11.6 Å². The number of halogens is 1. The minimum atomic E-state index is -0.135. The van der Waals surface area contributed by atoms with E-state index in [1.54, 1.807) is 6.92 Å². The lowest BCUT2D eigenvalue weighted by molar-refractivity contribution is 0.0983. The fourth-order valence-electron chi connectivity index (χ4n) is 2.12. The third-order valence-corrected chi connectivity index (χ3v) is 3.43. The molecule has 0 fully saturated rings. The number of benzene rings is 1. The molecule has 0 atom stereocenters. The first kappa shape index (κ1) is 10.5. The highest BCUT2D eigenvalue weighted by Gasteiger charge is 2.27. The molecule has 3 nitrogen and oxygen atoms in total. The maximum Gasteiger partial charge on any atom is 0.203 e. The summed E-state index contributed by atoms with van der Waals surface area (Å²) in [5.41, 5.74) is 2.19. The van der Waals surface area contributed by atoms with Gasteiger partial charge in [-0.05, 0) is 31.2 Å². The largest absolute Gasteiger partial charge is 0.351 e. The van der Waals surface area contributed by atoms with Crippen molar-refractivity contribution in [2.45, 2.75) is 6.92 Å². The fraction of sp³-hybridized carbons (Fsp3) is 0.0769. The van der Waals surface area contributed by atoms with Crippen molar-refractivity contribution < 1.29 is 9.59 Å².